The Hall–Kier alpha value is -1.85. The van der Waals surface area contributed by atoms with Gasteiger partial charge >= 0.3 is 0 Å². The van der Waals surface area contributed by atoms with Gasteiger partial charge in [-0.2, -0.15) is 4.31 Å². The maximum absolute atomic E-state index is 12.8. The number of aryl methyl sites for hydroxylation is 1. The van der Waals surface area contributed by atoms with Crippen molar-refractivity contribution in [2.45, 2.75) is 24.8 Å². The molecule has 5 heteroatoms. The lowest BCUT2D eigenvalue weighted by molar-refractivity contribution is 0.391. The lowest BCUT2D eigenvalue weighted by Crippen LogP contribution is -2.36. The molecule has 2 aromatic carbocycles. The van der Waals surface area contributed by atoms with Gasteiger partial charge in [0.05, 0.1) is 4.90 Å². The summed E-state index contributed by atoms with van der Waals surface area (Å²) in [5.74, 6) is 0. The molecular weight excluding hydrogens is 284 g/mol. The van der Waals surface area contributed by atoms with Crippen LogP contribution in [0.3, 0.4) is 0 Å². The predicted molar refractivity (Wildman–Crippen MR) is 83.3 cm³/mol. The topological polar surface area (TPSA) is 63.4 Å². The van der Waals surface area contributed by atoms with E-state index < -0.39 is 10.0 Å². The fourth-order valence-electron chi connectivity index (χ4n) is 2.74. The molecule has 2 N–H and O–H groups in total. The highest BCUT2D eigenvalue weighted by Gasteiger charge is 2.29. The smallest absolute Gasteiger partial charge is 0.243 e. The Balaban J connectivity index is 1.97. The first-order chi connectivity index (χ1) is 9.98. The summed E-state index contributed by atoms with van der Waals surface area (Å²) >= 11 is 0. The van der Waals surface area contributed by atoms with Crippen molar-refractivity contribution < 1.29 is 8.42 Å². The van der Waals surface area contributed by atoms with E-state index in [1.807, 2.05) is 37.3 Å². The van der Waals surface area contributed by atoms with E-state index in [0.29, 0.717) is 23.7 Å². The number of nitrogen functional groups attached to an aromatic ring is 1. The van der Waals surface area contributed by atoms with Crippen molar-refractivity contribution in [2.24, 2.45) is 0 Å². The Morgan fingerprint density at radius 3 is 2.62 bits per heavy atom. The van der Waals surface area contributed by atoms with Crippen LogP contribution in [0.2, 0.25) is 0 Å². The third kappa shape index (κ3) is 2.54. The van der Waals surface area contributed by atoms with Crippen molar-refractivity contribution in [3.8, 4) is 0 Å². The molecule has 0 aliphatic carbocycles. The van der Waals surface area contributed by atoms with Gasteiger partial charge in [0, 0.05) is 18.8 Å². The summed E-state index contributed by atoms with van der Waals surface area (Å²) < 4.78 is 27.1. The maximum atomic E-state index is 12.8. The molecule has 3 rings (SSSR count). The summed E-state index contributed by atoms with van der Waals surface area (Å²) in [4.78, 5) is 0.386. The highest BCUT2D eigenvalue weighted by Crippen LogP contribution is 2.27. The van der Waals surface area contributed by atoms with Crippen molar-refractivity contribution in [1.29, 1.82) is 0 Å². The normalized spacial score (nSPS) is 15.7. The van der Waals surface area contributed by atoms with Crippen molar-refractivity contribution in [3.05, 3.63) is 59.2 Å². The predicted octanol–water partition coefficient (Wildman–Crippen LogP) is 2.32. The van der Waals surface area contributed by atoms with Crippen LogP contribution in [0.4, 0.5) is 5.69 Å². The second-order valence-electron chi connectivity index (χ2n) is 5.38. The third-order valence-corrected chi connectivity index (χ3v) is 5.92. The van der Waals surface area contributed by atoms with Crippen molar-refractivity contribution in [2.75, 3.05) is 12.3 Å². The summed E-state index contributed by atoms with van der Waals surface area (Å²) in [5, 5.41) is 0. The van der Waals surface area contributed by atoms with Crippen molar-refractivity contribution in [1.82, 2.24) is 4.31 Å². The summed E-state index contributed by atoms with van der Waals surface area (Å²) in [6.07, 6.45) is 0.723. The van der Waals surface area contributed by atoms with Gasteiger partial charge in [-0.05, 0) is 48.2 Å². The monoisotopic (exact) mass is 302 g/mol. The molecule has 0 radical (unpaired) electrons. The molecule has 0 spiro atoms. The lowest BCUT2D eigenvalue weighted by Gasteiger charge is -2.28. The average Bonchev–Trinajstić information content (AvgIpc) is 2.46. The highest BCUT2D eigenvalue weighted by atomic mass is 32.2. The summed E-state index contributed by atoms with van der Waals surface area (Å²) in [5.41, 5.74) is 9.43. The molecule has 1 aliphatic heterocycles. The molecule has 0 atom stereocenters. The van der Waals surface area contributed by atoms with Gasteiger partial charge < -0.3 is 5.73 Å². The third-order valence-electron chi connectivity index (χ3n) is 3.92. The van der Waals surface area contributed by atoms with E-state index in [4.69, 9.17) is 5.73 Å². The van der Waals surface area contributed by atoms with Gasteiger partial charge in [0.2, 0.25) is 10.0 Å². The number of sulfonamides is 1. The van der Waals surface area contributed by atoms with Crippen LogP contribution in [-0.4, -0.2) is 19.3 Å². The number of anilines is 1. The molecule has 0 amide bonds. The number of nitrogens with two attached hydrogens (primary N) is 1. The number of benzene rings is 2. The van der Waals surface area contributed by atoms with E-state index in [1.165, 1.54) is 9.87 Å². The Kier molecular flexibility index (Phi) is 3.47. The van der Waals surface area contributed by atoms with Crippen LogP contribution in [-0.2, 0) is 23.0 Å². The molecule has 21 heavy (non-hydrogen) atoms. The van der Waals surface area contributed by atoms with Gasteiger partial charge in [0.1, 0.15) is 0 Å². The lowest BCUT2D eigenvalue weighted by atomic mass is 10.0. The van der Waals surface area contributed by atoms with Crippen LogP contribution < -0.4 is 5.73 Å². The zero-order valence-electron chi connectivity index (χ0n) is 11.9. The molecule has 0 bridgehead atoms. The van der Waals surface area contributed by atoms with E-state index in [0.717, 1.165) is 17.5 Å². The maximum Gasteiger partial charge on any atom is 0.243 e. The van der Waals surface area contributed by atoms with E-state index in [9.17, 15) is 8.42 Å². The van der Waals surface area contributed by atoms with E-state index in [1.54, 1.807) is 12.1 Å². The molecule has 0 aromatic heterocycles. The Labute approximate surface area is 125 Å². The molecule has 0 unspecified atom stereocenters. The molecule has 1 heterocycles. The molecular formula is C16H18N2O2S. The zero-order chi connectivity index (χ0) is 15.0. The number of fused-ring (bicyclic) bond motifs is 1. The fraction of sp³-hybridized carbons (Fsp3) is 0.250. The SMILES string of the molecule is Cc1ccccc1S(=O)(=O)N1CCc2ccc(N)cc2C1. The first kappa shape index (κ1) is 14.1. The van der Waals surface area contributed by atoms with E-state index in [2.05, 4.69) is 0 Å². The zero-order valence-corrected chi connectivity index (χ0v) is 12.7. The van der Waals surface area contributed by atoms with Crippen LogP contribution in [0, 0.1) is 6.92 Å². The largest absolute Gasteiger partial charge is 0.399 e. The molecule has 1 aliphatic rings. The first-order valence-corrected chi connectivity index (χ1v) is 8.35. The quantitative estimate of drug-likeness (QED) is 0.866. The van der Waals surface area contributed by atoms with Crippen LogP contribution in [0.5, 0.6) is 0 Å². The van der Waals surface area contributed by atoms with Gasteiger partial charge in [-0.1, -0.05) is 24.3 Å². The second-order valence-corrected chi connectivity index (χ2v) is 7.29. The van der Waals surface area contributed by atoms with Crippen molar-refractivity contribution in [3.63, 3.8) is 0 Å². The number of hydrogen-bond acceptors (Lipinski definition) is 3. The van der Waals surface area contributed by atoms with Crippen LogP contribution in [0.25, 0.3) is 0 Å². The number of nitrogens with zero attached hydrogens (tertiary/aromatic N) is 1. The molecule has 0 saturated carbocycles. The fourth-order valence-corrected chi connectivity index (χ4v) is 4.39. The molecule has 0 fully saturated rings. The molecule has 0 saturated heterocycles. The van der Waals surface area contributed by atoms with Crippen LogP contribution in [0.15, 0.2) is 47.4 Å². The summed E-state index contributed by atoms with van der Waals surface area (Å²) in [6, 6.07) is 12.8. The second kappa shape index (κ2) is 5.16. The van der Waals surface area contributed by atoms with Gasteiger partial charge in [-0.15, -0.1) is 0 Å². The average molecular weight is 302 g/mol. The highest BCUT2D eigenvalue weighted by molar-refractivity contribution is 7.89. The number of hydrogen-bond donors (Lipinski definition) is 1. The Morgan fingerprint density at radius 1 is 1.10 bits per heavy atom. The van der Waals surface area contributed by atoms with Gasteiger partial charge in [-0.25, -0.2) is 8.42 Å². The minimum atomic E-state index is -3.46. The van der Waals surface area contributed by atoms with E-state index >= 15 is 0 Å². The minimum absolute atomic E-state index is 0.386. The van der Waals surface area contributed by atoms with Gasteiger partial charge in [0.25, 0.3) is 0 Å². The van der Waals surface area contributed by atoms with Crippen molar-refractivity contribution >= 4 is 15.7 Å². The molecule has 4 nitrogen and oxygen atoms in total. The van der Waals surface area contributed by atoms with Crippen LogP contribution in [0.1, 0.15) is 16.7 Å². The number of rotatable bonds is 2. The minimum Gasteiger partial charge on any atom is -0.399 e. The Morgan fingerprint density at radius 2 is 1.86 bits per heavy atom. The molecule has 2 aromatic rings. The first-order valence-electron chi connectivity index (χ1n) is 6.91. The summed E-state index contributed by atoms with van der Waals surface area (Å²) in [7, 11) is -3.46. The molecule has 110 valence electrons. The van der Waals surface area contributed by atoms with Gasteiger partial charge in [0.15, 0.2) is 0 Å². The summed E-state index contributed by atoms with van der Waals surface area (Å²) in [6.45, 7) is 2.72. The van der Waals surface area contributed by atoms with Gasteiger partial charge in [-0.3, -0.25) is 0 Å². The standard InChI is InChI=1S/C16H18N2O2S/c1-12-4-2-3-5-16(12)21(19,20)18-9-8-13-6-7-15(17)10-14(13)11-18/h2-7,10H,8-9,11,17H2,1H3. The van der Waals surface area contributed by atoms with Crippen LogP contribution >= 0.6 is 0 Å². The Bertz CT molecular complexity index is 785. The van der Waals surface area contributed by atoms with E-state index in [-0.39, 0.29) is 0 Å².